The Labute approximate surface area is 201 Å². The van der Waals surface area contributed by atoms with Crippen molar-refractivity contribution in [2.75, 3.05) is 38.0 Å². The maximum absolute atomic E-state index is 12.5. The molecule has 2 aromatic heterocycles. The lowest BCUT2D eigenvalue weighted by atomic mass is 10.1. The van der Waals surface area contributed by atoms with Gasteiger partial charge in [-0.05, 0) is 30.8 Å². The van der Waals surface area contributed by atoms with Crippen molar-refractivity contribution in [3.63, 3.8) is 0 Å². The molecule has 0 fully saturated rings. The Bertz CT molecular complexity index is 1130. The highest BCUT2D eigenvalue weighted by molar-refractivity contribution is 7.80. The number of hydrogen-bond donors (Lipinski definition) is 3. The first kappa shape index (κ1) is 24.4. The fourth-order valence-corrected chi connectivity index (χ4v) is 4.27. The number of aromatic nitrogens is 2. The van der Waals surface area contributed by atoms with Gasteiger partial charge in [-0.1, -0.05) is 30.3 Å². The van der Waals surface area contributed by atoms with Crippen molar-refractivity contribution in [1.82, 2.24) is 15.1 Å². The quantitative estimate of drug-likeness (QED) is 0.239. The fourth-order valence-electron chi connectivity index (χ4n) is 2.94. The molecule has 0 aliphatic rings. The highest BCUT2D eigenvalue weighted by Crippen LogP contribution is 2.36. The summed E-state index contributed by atoms with van der Waals surface area (Å²) < 4.78 is 11.5. The topological polar surface area (TPSA) is 107 Å². The second-order valence-corrected chi connectivity index (χ2v) is 8.25. The molecule has 174 valence electrons. The predicted molar refractivity (Wildman–Crippen MR) is 133 cm³/mol. The Morgan fingerprint density at radius 3 is 2.61 bits per heavy atom. The molecule has 0 spiro atoms. The van der Waals surface area contributed by atoms with Gasteiger partial charge in [0.2, 0.25) is 0 Å². The van der Waals surface area contributed by atoms with Crippen LogP contribution in [0.3, 0.4) is 0 Å². The molecule has 11 heteroatoms. The minimum absolute atomic E-state index is 0.210. The summed E-state index contributed by atoms with van der Waals surface area (Å²) in [4.78, 5) is 25.8. The summed E-state index contributed by atoms with van der Waals surface area (Å²) in [5, 5.41) is 13.9. The van der Waals surface area contributed by atoms with Crippen LogP contribution in [0, 0.1) is 0 Å². The molecule has 0 atom stereocenters. The monoisotopic (exact) mass is 487 g/mol. The van der Waals surface area contributed by atoms with Gasteiger partial charge in [-0.15, -0.1) is 11.3 Å². The average Bonchev–Trinajstić information content (AvgIpc) is 3.43. The number of aryl methyl sites for hydroxylation is 1. The maximum atomic E-state index is 12.5. The minimum Gasteiger partial charge on any atom is -0.465 e. The molecule has 3 rings (SSSR count). The van der Waals surface area contributed by atoms with E-state index in [2.05, 4.69) is 21.0 Å². The highest BCUT2D eigenvalue weighted by Gasteiger charge is 2.21. The molecule has 1 amide bonds. The van der Waals surface area contributed by atoms with Crippen LogP contribution in [0.5, 0.6) is 0 Å². The molecule has 3 N–H and O–H groups in total. The summed E-state index contributed by atoms with van der Waals surface area (Å²) >= 11 is 6.84. The summed E-state index contributed by atoms with van der Waals surface area (Å²) in [7, 11) is 2.89. The standard InChI is InChI=1S/C22H25N5O4S2/c1-4-27-13-16(18(26-27)19(28)23-10-11-30-2)24-22(32)25-20-15(21(29)31-3)12-17(33-20)14-8-6-5-7-9-14/h5-9,12-13H,4,10-11H2,1-3H3,(H,23,28)(H2,24,25,32). The minimum atomic E-state index is -0.476. The zero-order valence-corrected chi connectivity index (χ0v) is 20.1. The number of anilines is 2. The van der Waals surface area contributed by atoms with Crippen molar-refractivity contribution in [2.24, 2.45) is 0 Å². The number of methoxy groups -OCH3 is 2. The second-order valence-electron chi connectivity index (χ2n) is 6.79. The third-order valence-electron chi connectivity index (χ3n) is 4.56. The maximum Gasteiger partial charge on any atom is 0.340 e. The van der Waals surface area contributed by atoms with E-state index in [4.69, 9.17) is 21.7 Å². The summed E-state index contributed by atoms with van der Waals surface area (Å²) in [6.07, 6.45) is 1.70. The summed E-state index contributed by atoms with van der Waals surface area (Å²) in [5.74, 6) is -0.821. The molecule has 0 aliphatic heterocycles. The van der Waals surface area contributed by atoms with Crippen LogP contribution < -0.4 is 16.0 Å². The van der Waals surface area contributed by atoms with E-state index >= 15 is 0 Å². The van der Waals surface area contributed by atoms with Crippen LogP contribution >= 0.6 is 23.6 Å². The molecular weight excluding hydrogens is 462 g/mol. The van der Waals surface area contributed by atoms with Gasteiger partial charge in [0.25, 0.3) is 5.91 Å². The molecule has 9 nitrogen and oxygen atoms in total. The highest BCUT2D eigenvalue weighted by atomic mass is 32.1. The number of nitrogens with zero attached hydrogens (tertiary/aromatic N) is 2. The molecule has 2 heterocycles. The van der Waals surface area contributed by atoms with Crippen LogP contribution in [-0.4, -0.2) is 54.1 Å². The smallest absolute Gasteiger partial charge is 0.340 e. The van der Waals surface area contributed by atoms with Crippen molar-refractivity contribution in [2.45, 2.75) is 13.5 Å². The Morgan fingerprint density at radius 2 is 1.94 bits per heavy atom. The van der Waals surface area contributed by atoms with E-state index < -0.39 is 5.97 Å². The van der Waals surface area contributed by atoms with Crippen molar-refractivity contribution >= 4 is 51.2 Å². The number of benzene rings is 1. The van der Waals surface area contributed by atoms with Crippen LogP contribution in [0.25, 0.3) is 10.4 Å². The van der Waals surface area contributed by atoms with E-state index in [1.807, 2.05) is 37.3 Å². The summed E-state index contributed by atoms with van der Waals surface area (Å²) in [6.45, 7) is 3.25. The van der Waals surface area contributed by atoms with E-state index in [9.17, 15) is 9.59 Å². The third-order valence-corrected chi connectivity index (χ3v) is 5.87. The van der Waals surface area contributed by atoms with Crippen molar-refractivity contribution in [3.8, 4) is 10.4 Å². The molecule has 0 aliphatic carbocycles. The molecule has 33 heavy (non-hydrogen) atoms. The fraction of sp³-hybridized carbons (Fsp3) is 0.273. The van der Waals surface area contributed by atoms with Crippen molar-refractivity contribution in [1.29, 1.82) is 0 Å². The largest absolute Gasteiger partial charge is 0.465 e. The number of thiocarbonyl (C=S) groups is 1. The Hall–Kier alpha value is -3.28. The van der Waals surface area contributed by atoms with Gasteiger partial charge in [0, 0.05) is 31.3 Å². The Kier molecular flexibility index (Phi) is 8.52. The second kappa shape index (κ2) is 11.5. The average molecular weight is 488 g/mol. The van der Waals surface area contributed by atoms with Crippen LogP contribution in [0.1, 0.15) is 27.8 Å². The van der Waals surface area contributed by atoms with Gasteiger partial charge in [0.15, 0.2) is 10.8 Å². The number of hydrogen-bond acceptors (Lipinski definition) is 7. The molecule has 1 aromatic carbocycles. The van der Waals surface area contributed by atoms with Gasteiger partial charge in [0.05, 0.1) is 25.0 Å². The molecule has 0 unspecified atom stereocenters. The van der Waals surface area contributed by atoms with E-state index in [1.165, 1.54) is 18.4 Å². The molecule has 0 bridgehead atoms. The van der Waals surface area contributed by atoms with Crippen molar-refractivity contribution in [3.05, 3.63) is 53.9 Å². The van der Waals surface area contributed by atoms with Crippen LogP contribution in [-0.2, 0) is 16.0 Å². The number of thiophene rings is 1. The SMILES string of the molecule is CCn1cc(NC(=S)Nc2sc(-c3ccccc3)cc2C(=O)OC)c(C(=O)NCCOC)n1. The first-order valence-corrected chi connectivity index (χ1v) is 11.4. The molecular formula is C22H25N5O4S2. The van der Waals surface area contributed by atoms with Crippen LogP contribution in [0.2, 0.25) is 0 Å². The number of rotatable bonds is 9. The van der Waals surface area contributed by atoms with Gasteiger partial charge >= 0.3 is 5.97 Å². The van der Waals surface area contributed by atoms with Gasteiger partial charge in [-0.2, -0.15) is 5.10 Å². The first-order chi connectivity index (χ1) is 16.0. The molecule has 3 aromatic rings. The Balaban J connectivity index is 1.81. The molecule has 0 saturated heterocycles. The summed E-state index contributed by atoms with van der Waals surface area (Å²) in [5.41, 5.74) is 2.00. The van der Waals surface area contributed by atoms with Gasteiger partial charge in [0.1, 0.15) is 5.00 Å². The lowest BCUT2D eigenvalue weighted by molar-refractivity contribution is 0.0602. The van der Waals surface area contributed by atoms with Gasteiger partial charge in [-0.25, -0.2) is 4.79 Å². The van der Waals surface area contributed by atoms with E-state index in [1.54, 1.807) is 24.1 Å². The van der Waals surface area contributed by atoms with E-state index in [0.29, 0.717) is 35.9 Å². The van der Waals surface area contributed by atoms with Gasteiger partial charge in [-0.3, -0.25) is 9.48 Å². The third kappa shape index (κ3) is 6.15. The molecule has 0 saturated carbocycles. The zero-order valence-electron chi connectivity index (χ0n) is 18.5. The van der Waals surface area contributed by atoms with Gasteiger partial charge < -0.3 is 25.4 Å². The Morgan fingerprint density at radius 1 is 1.18 bits per heavy atom. The number of ether oxygens (including phenoxy) is 2. The number of nitrogens with one attached hydrogen (secondary N) is 3. The molecule has 0 radical (unpaired) electrons. The normalized spacial score (nSPS) is 10.5. The zero-order chi connectivity index (χ0) is 23.8. The number of esters is 1. The van der Waals surface area contributed by atoms with Crippen molar-refractivity contribution < 1.29 is 19.1 Å². The summed E-state index contributed by atoms with van der Waals surface area (Å²) in [6, 6.07) is 11.5. The van der Waals surface area contributed by atoms with E-state index in [0.717, 1.165) is 10.4 Å². The van der Waals surface area contributed by atoms with Crippen LogP contribution in [0.4, 0.5) is 10.7 Å². The first-order valence-electron chi connectivity index (χ1n) is 10.2. The number of carbonyl (C=O) groups is 2. The number of carbonyl (C=O) groups excluding carboxylic acids is 2. The lowest BCUT2D eigenvalue weighted by Gasteiger charge is -2.10. The lowest BCUT2D eigenvalue weighted by Crippen LogP contribution is -2.29. The van der Waals surface area contributed by atoms with E-state index in [-0.39, 0.29) is 16.7 Å². The van der Waals surface area contributed by atoms with Crippen LogP contribution in [0.15, 0.2) is 42.6 Å². The number of amides is 1. The predicted octanol–water partition coefficient (Wildman–Crippen LogP) is 3.60.